The topological polar surface area (TPSA) is 52.9 Å². The molecular formula is C16H23N5S. The fourth-order valence-corrected chi connectivity index (χ4v) is 1.67. The molecule has 1 aliphatic heterocycles. The molecule has 6 heteroatoms. The molecule has 0 unspecified atom stereocenters. The van der Waals surface area contributed by atoms with Gasteiger partial charge < -0.3 is 4.90 Å². The molecule has 1 aromatic rings. The summed E-state index contributed by atoms with van der Waals surface area (Å²) in [7, 11) is 3.73. The highest BCUT2D eigenvalue weighted by Crippen LogP contribution is 2.13. The zero-order valence-electron chi connectivity index (χ0n) is 13.6. The summed E-state index contributed by atoms with van der Waals surface area (Å²) in [4.78, 5) is 10.5. The second-order valence-corrected chi connectivity index (χ2v) is 4.85. The largest absolute Gasteiger partial charge is 0.354 e. The number of pyridine rings is 1. The third-order valence-electron chi connectivity index (χ3n) is 2.68. The fraction of sp³-hybridized carbons (Fsp3) is 0.375. The lowest BCUT2D eigenvalue weighted by molar-refractivity contribution is 0.606. The fourth-order valence-electron chi connectivity index (χ4n) is 1.62. The third-order valence-corrected chi connectivity index (χ3v) is 3.14. The van der Waals surface area contributed by atoms with E-state index in [2.05, 4.69) is 26.6 Å². The van der Waals surface area contributed by atoms with Crippen LogP contribution in [-0.4, -0.2) is 41.0 Å². The monoisotopic (exact) mass is 317 g/mol. The van der Waals surface area contributed by atoms with Crippen molar-refractivity contribution in [1.29, 1.82) is 0 Å². The van der Waals surface area contributed by atoms with Crippen molar-refractivity contribution in [3.63, 3.8) is 0 Å². The Hall–Kier alpha value is -2.08. The van der Waals surface area contributed by atoms with Gasteiger partial charge in [0, 0.05) is 26.5 Å². The standard InChI is InChI=1S/C14H17N5S.C2H6/c1-19(2)14(20)18-17-13(11-7-3-5-9-15-11)12-8-4-6-10-16-12;1-2/h3,5,7-10H,4,6H2,1-2H3,(H,18,20);1-2H3/b17-13-;. The van der Waals surface area contributed by atoms with E-state index in [-0.39, 0.29) is 0 Å². The van der Waals surface area contributed by atoms with Crippen LogP contribution in [-0.2, 0) is 0 Å². The maximum atomic E-state index is 5.18. The molecule has 0 saturated heterocycles. The molecule has 1 aliphatic rings. The first-order valence-electron chi connectivity index (χ1n) is 7.38. The van der Waals surface area contributed by atoms with Crippen LogP contribution < -0.4 is 5.43 Å². The average Bonchev–Trinajstić information content (AvgIpc) is 2.58. The van der Waals surface area contributed by atoms with Crippen LogP contribution in [0.4, 0.5) is 0 Å². The highest BCUT2D eigenvalue weighted by atomic mass is 32.1. The number of hydrogen-bond donors (Lipinski definition) is 1. The number of rotatable bonds is 3. The first-order valence-corrected chi connectivity index (χ1v) is 7.79. The molecule has 0 saturated carbocycles. The molecule has 22 heavy (non-hydrogen) atoms. The lowest BCUT2D eigenvalue weighted by Gasteiger charge is -2.14. The second-order valence-electron chi connectivity index (χ2n) is 4.47. The van der Waals surface area contributed by atoms with Crippen LogP contribution in [0, 0.1) is 0 Å². The Morgan fingerprint density at radius 3 is 2.59 bits per heavy atom. The number of thiocarbonyl (C=S) groups is 1. The minimum Gasteiger partial charge on any atom is -0.354 e. The van der Waals surface area contributed by atoms with Gasteiger partial charge in [0.15, 0.2) is 5.11 Å². The van der Waals surface area contributed by atoms with Crippen molar-refractivity contribution in [1.82, 2.24) is 15.3 Å². The lowest BCUT2D eigenvalue weighted by Crippen LogP contribution is -2.32. The summed E-state index contributed by atoms with van der Waals surface area (Å²) < 4.78 is 0. The van der Waals surface area contributed by atoms with E-state index in [1.54, 1.807) is 11.1 Å². The molecule has 0 bridgehead atoms. The third kappa shape index (κ3) is 5.37. The molecule has 0 aromatic carbocycles. The first-order chi connectivity index (χ1) is 10.7. The van der Waals surface area contributed by atoms with Crippen molar-refractivity contribution in [3.8, 4) is 0 Å². The van der Waals surface area contributed by atoms with E-state index in [4.69, 9.17) is 12.2 Å². The molecular weight excluding hydrogens is 294 g/mol. The maximum absolute atomic E-state index is 5.18. The van der Waals surface area contributed by atoms with E-state index >= 15 is 0 Å². The number of allylic oxidation sites excluding steroid dienone is 2. The van der Waals surface area contributed by atoms with Crippen LogP contribution in [0.5, 0.6) is 0 Å². The maximum Gasteiger partial charge on any atom is 0.189 e. The second kappa shape index (κ2) is 9.78. The SMILES string of the molecule is CC.CN(C)C(=S)N/N=C(\C1=CCCC=N1)c1ccccn1. The number of nitrogens with one attached hydrogen (secondary N) is 1. The Kier molecular flexibility index (Phi) is 7.99. The van der Waals surface area contributed by atoms with Crippen LogP contribution in [0.1, 0.15) is 32.4 Å². The molecule has 1 N–H and O–H groups in total. The van der Waals surface area contributed by atoms with E-state index in [9.17, 15) is 0 Å². The van der Waals surface area contributed by atoms with Crippen LogP contribution >= 0.6 is 12.2 Å². The zero-order valence-corrected chi connectivity index (χ0v) is 14.4. The van der Waals surface area contributed by atoms with Crippen LogP contribution in [0.15, 0.2) is 46.3 Å². The highest BCUT2D eigenvalue weighted by molar-refractivity contribution is 7.80. The lowest BCUT2D eigenvalue weighted by atomic mass is 10.1. The van der Waals surface area contributed by atoms with Gasteiger partial charge in [-0.15, -0.1) is 0 Å². The van der Waals surface area contributed by atoms with Gasteiger partial charge in [-0.25, -0.2) is 0 Å². The predicted octanol–water partition coefficient (Wildman–Crippen LogP) is 3.00. The Bertz CT molecular complexity index is 561. The Balaban J connectivity index is 0.00000116. The number of aliphatic imine (C=N–C) groups is 1. The summed E-state index contributed by atoms with van der Waals surface area (Å²) >= 11 is 5.18. The van der Waals surface area contributed by atoms with Gasteiger partial charge in [0.25, 0.3) is 0 Å². The average molecular weight is 317 g/mol. The van der Waals surface area contributed by atoms with Crippen molar-refractivity contribution < 1.29 is 0 Å². The van der Waals surface area contributed by atoms with Gasteiger partial charge in [-0.3, -0.25) is 15.4 Å². The van der Waals surface area contributed by atoms with Gasteiger partial charge in [-0.05, 0) is 37.2 Å². The molecule has 118 valence electrons. The van der Waals surface area contributed by atoms with E-state index < -0.39 is 0 Å². The molecule has 2 rings (SSSR count). The predicted molar refractivity (Wildman–Crippen MR) is 97.4 cm³/mol. The van der Waals surface area contributed by atoms with Gasteiger partial charge in [0.2, 0.25) is 0 Å². The summed E-state index contributed by atoms with van der Waals surface area (Å²) in [6, 6.07) is 5.71. The molecule has 0 aliphatic carbocycles. The first kappa shape index (κ1) is 18.0. The van der Waals surface area contributed by atoms with Gasteiger partial charge in [0.1, 0.15) is 5.71 Å². The summed E-state index contributed by atoms with van der Waals surface area (Å²) in [6.07, 6.45) is 7.62. The normalized spacial score (nSPS) is 13.6. The van der Waals surface area contributed by atoms with Gasteiger partial charge in [0.05, 0.1) is 11.4 Å². The molecule has 0 fully saturated rings. The number of nitrogens with zero attached hydrogens (tertiary/aromatic N) is 4. The van der Waals surface area contributed by atoms with E-state index in [1.165, 1.54) is 0 Å². The van der Waals surface area contributed by atoms with Gasteiger partial charge >= 0.3 is 0 Å². The number of hydrazone groups is 1. The Morgan fingerprint density at radius 2 is 2.05 bits per heavy atom. The van der Waals surface area contributed by atoms with Gasteiger partial charge in [-0.1, -0.05) is 26.0 Å². The van der Waals surface area contributed by atoms with Crippen molar-refractivity contribution in [2.75, 3.05) is 14.1 Å². The van der Waals surface area contributed by atoms with E-state index in [0.29, 0.717) is 10.8 Å². The minimum absolute atomic E-state index is 0.541. The summed E-state index contributed by atoms with van der Waals surface area (Å²) in [5.74, 6) is 0. The zero-order chi connectivity index (χ0) is 16.4. The van der Waals surface area contributed by atoms with Crippen molar-refractivity contribution in [3.05, 3.63) is 41.9 Å². The van der Waals surface area contributed by atoms with Crippen molar-refractivity contribution in [2.24, 2.45) is 10.1 Å². The van der Waals surface area contributed by atoms with Crippen molar-refractivity contribution >= 4 is 29.3 Å². The molecule has 0 radical (unpaired) electrons. The molecule has 0 spiro atoms. The molecule has 2 heterocycles. The minimum atomic E-state index is 0.541. The summed E-state index contributed by atoms with van der Waals surface area (Å²) in [5, 5.41) is 4.92. The summed E-state index contributed by atoms with van der Waals surface area (Å²) in [6.45, 7) is 4.00. The van der Waals surface area contributed by atoms with Crippen LogP contribution in [0.25, 0.3) is 0 Å². The van der Waals surface area contributed by atoms with Crippen molar-refractivity contribution in [2.45, 2.75) is 26.7 Å². The highest BCUT2D eigenvalue weighted by Gasteiger charge is 2.12. The molecule has 0 atom stereocenters. The number of aromatic nitrogens is 1. The molecule has 1 aromatic heterocycles. The molecule has 0 amide bonds. The Labute approximate surface area is 137 Å². The van der Waals surface area contributed by atoms with E-state index in [0.717, 1.165) is 24.2 Å². The van der Waals surface area contributed by atoms with Crippen LogP contribution in [0.3, 0.4) is 0 Å². The smallest absolute Gasteiger partial charge is 0.189 e. The number of hydrogen-bond acceptors (Lipinski definition) is 4. The van der Waals surface area contributed by atoms with Gasteiger partial charge in [-0.2, -0.15) is 5.10 Å². The Morgan fingerprint density at radius 1 is 1.27 bits per heavy atom. The van der Waals surface area contributed by atoms with Crippen LogP contribution in [0.2, 0.25) is 0 Å². The quantitative estimate of drug-likeness (QED) is 0.529. The molecule has 5 nitrogen and oxygen atoms in total. The van der Waals surface area contributed by atoms with E-state index in [1.807, 2.05) is 52.4 Å². The summed E-state index contributed by atoms with van der Waals surface area (Å²) in [5.41, 5.74) is 5.16.